The van der Waals surface area contributed by atoms with E-state index < -0.39 is 0 Å². The van der Waals surface area contributed by atoms with Gasteiger partial charge in [-0.3, -0.25) is 0 Å². The topological polar surface area (TPSA) is 24.5 Å². The van der Waals surface area contributed by atoms with Crippen LogP contribution in [0, 0.1) is 5.92 Å². The van der Waals surface area contributed by atoms with E-state index in [1.165, 1.54) is 51.9 Å². The van der Waals surface area contributed by atoms with E-state index in [1.807, 2.05) is 0 Å². The summed E-state index contributed by atoms with van der Waals surface area (Å²) in [7, 11) is 1.78. The van der Waals surface area contributed by atoms with Crippen LogP contribution in [0.5, 0.6) is 0 Å². The summed E-state index contributed by atoms with van der Waals surface area (Å²) < 4.78 is 5.05. The lowest BCUT2D eigenvalue weighted by Crippen LogP contribution is -2.56. The fourth-order valence-corrected chi connectivity index (χ4v) is 2.86. The Bertz CT molecular complexity index is 178. The second-order valence-corrected chi connectivity index (χ2v) is 4.90. The number of hydrogen-bond donors (Lipinski definition) is 1. The van der Waals surface area contributed by atoms with Gasteiger partial charge in [0.05, 0.1) is 0 Å². The van der Waals surface area contributed by atoms with Crippen LogP contribution in [0.2, 0.25) is 0 Å². The zero-order chi connectivity index (χ0) is 10.5. The predicted molar refractivity (Wildman–Crippen MR) is 62.1 cm³/mol. The molecule has 0 aromatic rings. The molecule has 15 heavy (non-hydrogen) atoms. The third kappa shape index (κ3) is 3.16. The number of methoxy groups -OCH3 is 1. The van der Waals surface area contributed by atoms with E-state index >= 15 is 0 Å². The summed E-state index contributed by atoms with van der Waals surface area (Å²) in [5.74, 6) is 0.956. The molecule has 2 bridgehead atoms. The molecule has 3 heteroatoms. The smallest absolute Gasteiger partial charge is 0.0462 e. The van der Waals surface area contributed by atoms with E-state index in [0.29, 0.717) is 0 Å². The highest BCUT2D eigenvalue weighted by Crippen LogP contribution is 2.27. The fraction of sp³-hybridized carbons (Fsp3) is 1.00. The Morgan fingerprint density at radius 1 is 1.27 bits per heavy atom. The van der Waals surface area contributed by atoms with Gasteiger partial charge in [-0.15, -0.1) is 0 Å². The molecular weight excluding hydrogens is 188 g/mol. The fourth-order valence-electron chi connectivity index (χ4n) is 2.86. The maximum absolute atomic E-state index is 5.05. The van der Waals surface area contributed by atoms with Crippen molar-refractivity contribution in [2.45, 2.75) is 31.7 Å². The van der Waals surface area contributed by atoms with Crippen LogP contribution in [-0.2, 0) is 4.74 Å². The minimum absolute atomic E-state index is 0.773. The first kappa shape index (κ1) is 11.4. The summed E-state index contributed by atoms with van der Waals surface area (Å²) in [4.78, 5) is 2.60. The number of fused-ring (bicyclic) bond motifs is 3. The Kier molecular flexibility index (Phi) is 4.42. The van der Waals surface area contributed by atoms with Crippen molar-refractivity contribution < 1.29 is 4.74 Å². The van der Waals surface area contributed by atoms with Crippen molar-refractivity contribution in [3.05, 3.63) is 0 Å². The molecule has 0 aromatic carbocycles. The average Bonchev–Trinajstić information content (AvgIpc) is 2.30. The summed E-state index contributed by atoms with van der Waals surface area (Å²) in [6, 6.07) is 0.773. The Hall–Kier alpha value is -0.120. The summed E-state index contributed by atoms with van der Waals surface area (Å²) in [6.07, 6.45) is 5.26. The Labute approximate surface area is 93.2 Å². The molecule has 3 aliphatic heterocycles. The molecule has 0 saturated carbocycles. The number of ether oxygens (including phenoxy) is 1. The third-order valence-electron chi connectivity index (χ3n) is 3.84. The second kappa shape index (κ2) is 5.83. The quantitative estimate of drug-likeness (QED) is 0.667. The molecule has 88 valence electrons. The number of nitrogens with one attached hydrogen (secondary N) is 1. The lowest BCUT2D eigenvalue weighted by Gasteiger charge is -2.45. The zero-order valence-electron chi connectivity index (χ0n) is 9.87. The maximum Gasteiger partial charge on any atom is 0.0462 e. The zero-order valence-corrected chi connectivity index (χ0v) is 9.87. The second-order valence-electron chi connectivity index (χ2n) is 4.90. The van der Waals surface area contributed by atoms with Gasteiger partial charge in [-0.2, -0.15) is 0 Å². The van der Waals surface area contributed by atoms with Gasteiger partial charge >= 0.3 is 0 Å². The van der Waals surface area contributed by atoms with E-state index in [4.69, 9.17) is 4.74 Å². The molecule has 0 amide bonds. The third-order valence-corrected chi connectivity index (χ3v) is 3.84. The summed E-state index contributed by atoms with van der Waals surface area (Å²) in [5.41, 5.74) is 0. The van der Waals surface area contributed by atoms with Gasteiger partial charge < -0.3 is 15.0 Å². The van der Waals surface area contributed by atoms with Crippen LogP contribution in [0.1, 0.15) is 25.7 Å². The van der Waals surface area contributed by atoms with Crippen LogP contribution in [0.15, 0.2) is 0 Å². The van der Waals surface area contributed by atoms with E-state index in [-0.39, 0.29) is 0 Å². The highest BCUT2D eigenvalue weighted by molar-refractivity contribution is 4.90. The predicted octanol–water partition coefficient (Wildman–Crippen LogP) is 1.10. The van der Waals surface area contributed by atoms with Crippen molar-refractivity contribution in [1.82, 2.24) is 10.2 Å². The van der Waals surface area contributed by atoms with Crippen LogP contribution in [0.3, 0.4) is 0 Å². The first-order valence-corrected chi connectivity index (χ1v) is 6.35. The molecule has 1 N–H and O–H groups in total. The molecule has 3 fully saturated rings. The Morgan fingerprint density at radius 2 is 2.07 bits per heavy atom. The van der Waals surface area contributed by atoms with Gasteiger partial charge in [0, 0.05) is 26.3 Å². The van der Waals surface area contributed by atoms with Crippen LogP contribution in [0.25, 0.3) is 0 Å². The largest absolute Gasteiger partial charge is 0.385 e. The lowest BCUT2D eigenvalue weighted by atomic mass is 9.84. The summed E-state index contributed by atoms with van der Waals surface area (Å²) >= 11 is 0. The molecule has 3 heterocycles. The standard InChI is InChI=1S/C12H24N2O/c1-15-9-3-2-6-13-12-10-14-7-4-11(12)5-8-14/h11-13H,2-10H2,1H3. The van der Waals surface area contributed by atoms with Gasteiger partial charge in [0.15, 0.2) is 0 Å². The van der Waals surface area contributed by atoms with E-state index in [0.717, 1.165) is 18.6 Å². The molecular formula is C12H24N2O. The van der Waals surface area contributed by atoms with Crippen LogP contribution in [0.4, 0.5) is 0 Å². The van der Waals surface area contributed by atoms with Gasteiger partial charge in [0.1, 0.15) is 0 Å². The van der Waals surface area contributed by atoms with Crippen molar-refractivity contribution in [1.29, 1.82) is 0 Å². The van der Waals surface area contributed by atoms with Gasteiger partial charge in [0.2, 0.25) is 0 Å². The van der Waals surface area contributed by atoms with E-state index in [2.05, 4.69) is 10.2 Å². The van der Waals surface area contributed by atoms with Crippen LogP contribution in [-0.4, -0.2) is 50.8 Å². The normalized spacial score (nSPS) is 34.6. The number of hydrogen-bond acceptors (Lipinski definition) is 3. The average molecular weight is 212 g/mol. The van der Waals surface area contributed by atoms with Crippen LogP contribution < -0.4 is 5.32 Å². The lowest BCUT2D eigenvalue weighted by molar-refractivity contribution is 0.0724. The van der Waals surface area contributed by atoms with Gasteiger partial charge in [0.25, 0.3) is 0 Å². The molecule has 0 radical (unpaired) electrons. The number of piperidine rings is 3. The molecule has 3 rings (SSSR count). The number of rotatable bonds is 6. The van der Waals surface area contributed by atoms with E-state index in [9.17, 15) is 0 Å². The summed E-state index contributed by atoms with van der Waals surface area (Å²) in [5, 5.41) is 3.71. The monoisotopic (exact) mass is 212 g/mol. The van der Waals surface area contributed by atoms with Gasteiger partial charge in [-0.05, 0) is 51.2 Å². The maximum atomic E-state index is 5.05. The van der Waals surface area contributed by atoms with Crippen molar-refractivity contribution in [2.24, 2.45) is 5.92 Å². The highest BCUT2D eigenvalue weighted by Gasteiger charge is 2.33. The molecule has 0 aromatic heterocycles. The Balaban J connectivity index is 1.59. The Morgan fingerprint density at radius 3 is 2.67 bits per heavy atom. The van der Waals surface area contributed by atoms with Gasteiger partial charge in [-0.1, -0.05) is 0 Å². The van der Waals surface area contributed by atoms with Crippen molar-refractivity contribution >= 4 is 0 Å². The van der Waals surface area contributed by atoms with Crippen LogP contribution >= 0.6 is 0 Å². The van der Waals surface area contributed by atoms with Crippen molar-refractivity contribution in [2.75, 3.05) is 39.9 Å². The minimum atomic E-state index is 0.773. The molecule has 3 aliphatic rings. The molecule has 1 atom stereocenters. The SMILES string of the molecule is COCCCCNC1CN2CCC1CC2. The first-order chi connectivity index (χ1) is 7.40. The number of unbranched alkanes of at least 4 members (excludes halogenated alkanes) is 1. The molecule has 1 unspecified atom stereocenters. The molecule has 0 aliphatic carbocycles. The summed E-state index contributed by atoms with van der Waals surface area (Å²) in [6.45, 7) is 6.04. The minimum Gasteiger partial charge on any atom is -0.385 e. The molecule has 3 nitrogen and oxygen atoms in total. The highest BCUT2D eigenvalue weighted by atomic mass is 16.5. The number of nitrogens with zero attached hydrogens (tertiary/aromatic N) is 1. The van der Waals surface area contributed by atoms with E-state index in [1.54, 1.807) is 7.11 Å². The van der Waals surface area contributed by atoms with Crippen molar-refractivity contribution in [3.8, 4) is 0 Å². The first-order valence-electron chi connectivity index (χ1n) is 6.35. The molecule has 0 spiro atoms. The van der Waals surface area contributed by atoms with Gasteiger partial charge in [-0.25, -0.2) is 0 Å². The van der Waals surface area contributed by atoms with Crippen molar-refractivity contribution in [3.63, 3.8) is 0 Å². The molecule has 3 saturated heterocycles.